The fourth-order valence-corrected chi connectivity index (χ4v) is 7.07. The van der Waals surface area contributed by atoms with Crippen LogP contribution in [-0.4, -0.2) is 29.8 Å². The minimum Gasteiger partial charge on any atom is -0.289 e. The first-order valence-corrected chi connectivity index (χ1v) is 15.1. The average Bonchev–Trinajstić information content (AvgIpc) is 3.40. The van der Waals surface area contributed by atoms with Gasteiger partial charge in [-0.3, -0.25) is 9.73 Å². The number of aromatic nitrogens is 3. The summed E-state index contributed by atoms with van der Waals surface area (Å²) in [6.07, 6.45) is 0.350. The van der Waals surface area contributed by atoms with Crippen molar-refractivity contribution in [1.29, 1.82) is 0 Å². The maximum Gasteiger partial charge on any atom is 0.264 e. The number of hydrogen-bond acceptors (Lipinski definition) is 6. The summed E-state index contributed by atoms with van der Waals surface area (Å²) in [4.78, 5) is 1.29. The van der Waals surface area contributed by atoms with Gasteiger partial charge >= 0.3 is 0 Å². The molecule has 6 rings (SSSR count). The number of benzene rings is 4. The van der Waals surface area contributed by atoms with Crippen LogP contribution in [-0.2, 0) is 16.4 Å². The number of fused-ring (bicyclic) bond motifs is 1. The Morgan fingerprint density at radius 3 is 2.02 bits per heavy atom. The molecule has 0 amide bonds. The third-order valence-corrected chi connectivity index (χ3v) is 9.57. The first kappa shape index (κ1) is 25.9. The van der Waals surface area contributed by atoms with E-state index in [0.717, 1.165) is 27.3 Å². The lowest BCUT2D eigenvalue weighted by Gasteiger charge is -2.26. The third-order valence-electron chi connectivity index (χ3n) is 6.63. The molecular weight excluding hydrogens is 539 g/mol. The maximum absolute atomic E-state index is 13.8. The van der Waals surface area contributed by atoms with Gasteiger partial charge in [0.25, 0.3) is 10.0 Å². The molecule has 0 saturated heterocycles. The monoisotopic (exact) mass is 565 g/mol. The molecule has 2 heterocycles. The van der Waals surface area contributed by atoms with Crippen LogP contribution in [0.2, 0.25) is 0 Å². The topological polar surface area (TPSA) is 80.1 Å². The summed E-state index contributed by atoms with van der Waals surface area (Å²) in [7, 11) is -3.80. The summed E-state index contributed by atoms with van der Waals surface area (Å²) >= 11 is 1.54. The van der Waals surface area contributed by atoms with E-state index in [9.17, 15) is 8.42 Å². The Labute approximate surface area is 238 Å². The van der Waals surface area contributed by atoms with Crippen LogP contribution in [0.5, 0.6) is 0 Å². The van der Waals surface area contributed by atoms with E-state index in [-0.39, 0.29) is 11.4 Å². The Kier molecular flexibility index (Phi) is 7.15. The summed E-state index contributed by atoms with van der Waals surface area (Å²) < 4.78 is 30.8. The molecule has 7 nitrogen and oxygen atoms in total. The summed E-state index contributed by atoms with van der Waals surface area (Å²) in [5, 5.41) is 9.62. The van der Waals surface area contributed by atoms with Crippen LogP contribution in [0.1, 0.15) is 22.5 Å². The molecule has 0 aliphatic carbocycles. The maximum atomic E-state index is 13.8. The van der Waals surface area contributed by atoms with Crippen LogP contribution in [0, 0.1) is 6.92 Å². The molecule has 1 N–H and O–H groups in total. The Hall–Kier alpha value is -4.34. The number of nitrogens with zero attached hydrogens (tertiary/aromatic N) is 4. The summed E-state index contributed by atoms with van der Waals surface area (Å²) in [6, 6.07) is 36.3. The standard InChI is InChI=1S/C31H27N5O2S2/c1-23-17-19-26(20-18-23)35(40(37,38)27-15-9-4-10-16-27)22-21-28-32-33-31-36(28)34-29(24-11-5-2-6-12-24)30(39-31)25-13-7-3-8-14-25/h2-20,34H,21-22H2,1H3. The van der Waals surface area contributed by atoms with Gasteiger partial charge in [-0.25, -0.2) is 13.1 Å². The molecular formula is C31H27N5O2S2. The minimum atomic E-state index is -3.80. The van der Waals surface area contributed by atoms with E-state index in [0.29, 0.717) is 23.1 Å². The summed E-state index contributed by atoms with van der Waals surface area (Å²) in [5.41, 5.74) is 8.25. The van der Waals surface area contributed by atoms with Crippen LogP contribution >= 0.6 is 11.8 Å². The molecule has 0 saturated carbocycles. The molecule has 1 aliphatic rings. The Bertz CT molecular complexity index is 1750. The predicted molar refractivity (Wildman–Crippen MR) is 161 cm³/mol. The highest BCUT2D eigenvalue weighted by atomic mass is 32.2. The molecule has 0 fully saturated rings. The molecule has 0 spiro atoms. The smallest absolute Gasteiger partial charge is 0.264 e. The second kappa shape index (κ2) is 11.0. The lowest BCUT2D eigenvalue weighted by atomic mass is 10.1. The number of thioether (sulfide) groups is 1. The molecule has 0 bridgehead atoms. The van der Waals surface area contributed by atoms with Crippen LogP contribution in [0.4, 0.5) is 5.69 Å². The number of nitrogens with one attached hydrogen (secondary N) is 1. The van der Waals surface area contributed by atoms with Gasteiger partial charge in [0.05, 0.1) is 16.3 Å². The Morgan fingerprint density at radius 2 is 1.38 bits per heavy atom. The minimum absolute atomic E-state index is 0.195. The van der Waals surface area contributed by atoms with Crippen molar-refractivity contribution in [3.8, 4) is 0 Å². The first-order valence-electron chi connectivity index (χ1n) is 12.9. The lowest BCUT2D eigenvalue weighted by molar-refractivity contribution is 0.589. The number of aryl methyl sites for hydroxylation is 1. The number of anilines is 1. The quantitative estimate of drug-likeness (QED) is 0.241. The van der Waals surface area contributed by atoms with Gasteiger partial charge < -0.3 is 0 Å². The van der Waals surface area contributed by atoms with E-state index in [4.69, 9.17) is 0 Å². The molecule has 9 heteroatoms. The van der Waals surface area contributed by atoms with E-state index in [1.165, 1.54) is 4.31 Å². The van der Waals surface area contributed by atoms with Crippen molar-refractivity contribution in [3.63, 3.8) is 0 Å². The zero-order chi connectivity index (χ0) is 27.5. The van der Waals surface area contributed by atoms with E-state index in [1.807, 2.05) is 78.3 Å². The summed E-state index contributed by atoms with van der Waals surface area (Å²) in [5.74, 6) is 0.642. The zero-order valence-corrected chi connectivity index (χ0v) is 23.4. The van der Waals surface area contributed by atoms with Crippen LogP contribution in [0.3, 0.4) is 0 Å². The van der Waals surface area contributed by atoms with Crippen molar-refractivity contribution < 1.29 is 8.42 Å². The molecule has 0 radical (unpaired) electrons. The van der Waals surface area contributed by atoms with Crippen LogP contribution in [0.25, 0.3) is 10.6 Å². The van der Waals surface area contributed by atoms with Crippen molar-refractivity contribution in [2.75, 3.05) is 16.3 Å². The van der Waals surface area contributed by atoms with Gasteiger partial charge in [-0.05, 0) is 48.5 Å². The van der Waals surface area contributed by atoms with Crippen molar-refractivity contribution >= 4 is 38.1 Å². The molecule has 1 aromatic heterocycles. The Balaban J connectivity index is 1.34. The highest BCUT2D eigenvalue weighted by Crippen LogP contribution is 2.42. The fraction of sp³-hybridized carbons (Fsp3) is 0.0968. The van der Waals surface area contributed by atoms with Gasteiger partial charge in [-0.1, -0.05) is 96.6 Å². The molecule has 40 heavy (non-hydrogen) atoms. The largest absolute Gasteiger partial charge is 0.289 e. The van der Waals surface area contributed by atoms with Gasteiger partial charge in [-0.2, -0.15) is 0 Å². The molecule has 5 aromatic rings. The molecule has 0 atom stereocenters. The molecule has 200 valence electrons. The number of rotatable bonds is 8. The lowest BCUT2D eigenvalue weighted by Crippen LogP contribution is -2.34. The highest BCUT2D eigenvalue weighted by molar-refractivity contribution is 8.08. The molecule has 4 aromatic carbocycles. The van der Waals surface area contributed by atoms with E-state index in [2.05, 4.69) is 39.9 Å². The van der Waals surface area contributed by atoms with E-state index in [1.54, 1.807) is 36.0 Å². The summed E-state index contributed by atoms with van der Waals surface area (Å²) in [6.45, 7) is 2.17. The zero-order valence-electron chi connectivity index (χ0n) is 21.8. The number of hydrogen-bond donors (Lipinski definition) is 1. The normalized spacial score (nSPS) is 13.0. The van der Waals surface area contributed by atoms with Crippen LogP contribution < -0.4 is 9.73 Å². The van der Waals surface area contributed by atoms with Crippen molar-refractivity contribution in [2.24, 2.45) is 0 Å². The average molecular weight is 566 g/mol. The van der Waals surface area contributed by atoms with Gasteiger partial charge in [0, 0.05) is 23.4 Å². The van der Waals surface area contributed by atoms with E-state index < -0.39 is 10.0 Å². The third kappa shape index (κ3) is 5.13. The van der Waals surface area contributed by atoms with Crippen molar-refractivity contribution in [1.82, 2.24) is 14.9 Å². The first-order chi connectivity index (χ1) is 19.5. The van der Waals surface area contributed by atoms with Gasteiger partial charge in [-0.15, -0.1) is 10.2 Å². The van der Waals surface area contributed by atoms with Gasteiger partial charge in [0.15, 0.2) is 5.82 Å². The van der Waals surface area contributed by atoms with Crippen molar-refractivity contribution in [2.45, 2.75) is 23.4 Å². The second-order valence-electron chi connectivity index (χ2n) is 9.36. The van der Waals surface area contributed by atoms with Gasteiger partial charge in [0.1, 0.15) is 0 Å². The predicted octanol–water partition coefficient (Wildman–Crippen LogP) is 6.20. The molecule has 1 aliphatic heterocycles. The number of sulfonamides is 1. The van der Waals surface area contributed by atoms with Gasteiger partial charge in [0.2, 0.25) is 5.16 Å². The Morgan fingerprint density at radius 1 is 0.775 bits per heavy atom. The van der Waals surface area contributed by atoms with E-state index >= 15 is 0 Å². The second-order valence-corrected chi connectivity index (χ2v) is 12.2. The fourth-order valence-electron chi connectivity index (χ4n) is 4.56. The highest BCUT2D eigenvalue weighted by Gasteiger charge is 2.28. The molecule has 0 unspecified atom stereocenters. The van der Waals surface area contributed by atoms with Crippen LogP contribution in [0.15, 0.2) is 125 Å². The SMILES string of the molecule is Cc1ccc(N(CCc2nnc3n2NC(c2ccccc2)=C(c2ccccc2)S3)S(=O)(=O)c2ccccc2)cc1. The van der Waals surface area contributed by atoms with Crippen molar-refractivity contribution in [3.05, 3.63) is 138 Å².